The molecule has 0 amide bonds. The summed E-state index contributed by atoms with van der Waals surface area (Å²) in [6.45, 7) is 0. The molecule has 7 heteroatoms. The van der Waals surface area contributed by atoms with Crippen LogP contribution in [0.4, 0.5) is 0 Å². The van der Waals surface area contributed by atoms with Crippen LogP contribution in [-0.4, -0.2) is 21.8 Å². The zero-order valence-corrected chi connectivity index (χ0v) is 10.9. The van der Waals surface area contributed by atoms with Gasteiger partial charge in [-0.15, -0.1) is 0 Å². The number of rotatable bonds is 2. The maximum Gasteiger partial charge on any atom is 0.339 e. The van der Waals surface area contributed by atoms with Crippen LogP contribution in [0, 0.1) is 0 Å². The summed E-state index contributed by atoms with van der Waals surface area (Å²) in [7, 11) is 1.29. The van der Waals surface area contributed by atoms with Gasteiger partial charge in [-0.2, -0.15) is 8.75 Å². The summed E-state index contributed by atoms with van der Waals surface area (Å²) in [5, 5.41) is 0.632. The minimum absolute atomic E-state index is 0.219. The molecule has 1 aromatic carbocycles. The largest absolute Gasteiger partial charge is 0.465 e. The van der Waals surface area contributed by atoms with E-state index in [0.717, 1.165) is 11.7 Å². The Kier molecular flexibility index (Phi) is 3.61. The second-order valence-corrected chi connectivity index (χ2v) is 4.41. The Balaban J connectivity index is 2.63. The molecule has 0 aliphatic heterocycles. The van der Waals surface area contributed by atoms with E-state index in [-0.39, 0.29) is 10.6 Å². The second kappa shape index (κ2) is 5.00. The number of esters is 1. The van der Waals surface area contributed by atoms with Gasteiger partial charge in [0.15, 0.2) is 0 Å². The number of ether oxygens (including phenoxy) is 1. The van der Waals surface area contributed by atoms with Crippen LogP contribution in [0.3, 0.4) is 0 Å². The van der Waals surface area contributed by atoms with Gasteiger partial charge in [0.05, 0.1) is 40.6 Å². The van der Waals surface area contributed by atoms with Crippen LogP contribution < -0.4 is 0 Å². The van der Waals surface area contributed by atoms with Crippen molar-refractivity contribution in [3.8, 4) is 11.3 Å². The van der Waals surface area contributed by atoms with Gasteiger partial charge in [-0.05, 0) is 12.1 Å². The number of methoxy groups -OCH3 is 1. The van der Waals surface area contributed by atoms with Gasteiger partial charge in [-0.25, -0.2) is 4.79 Å². The highest BCUT2D eigenvalue weighted by Crippen LogP contribution is 2.36. The first kappa shape index (κ1) is 12.3. The number of halogens is 2. The van der Waals surface area contributed by atoms with Crippen LogP contribution in [0.5, 0.6) is 0 Å². The lowest BCUT2D eigenvalue weighted by atomic mass is 10.1. The average Bonchev–Trinajstić information content (AvgIpc) is 2.82. The van der Waals surface area contributed by atoms with E-state index in [0.29, 0.717) is 16.3 Å². The van der Waals surface area contributed by atoms with Crippen molar-refractivity contribution in [2.45, 2.75) is 0 Å². The SMILES string of the molecule is COC(=O)c1ccc(Cl)c(-c2cnsn2)c1Cl. The topological polar surface area (TPSA) is 52.1 Å². The van der Waals surface area contributed by atoms with Crippen LogP contribution in [-0.2, 0) is 4.74 Å². The molecule has 0 fully saturated rings. The standard InChI is InChI=1S/C10H6Cl2N2O2S/c1-16-10(15)5-2-3-6(11)8(9(5)12)7-4-13-17-14-7/h2-4H,1H3. The molecule has 2 rings (SSSR count). The summed E-state index contributed by atoms with van der Waals surface area (Å²) < 4.78 is 12.5. The van der Waals surface area contributed by atoms with Crippen molar-refractivity contribution >= 4 is 40.9 Å². The van der Waals surface area contributed by atoms with Gasteiger partial charge in [0, 0.05) is 5.56 Å². The Morgan fingerprint density at radius 2 is 2.18 bits per heavy atom. The fraction of sp³-hybridized carbons (Fsp3) is 0.100. The van der Waals surface area contributed by atoms with Gasteiger partial charge >= 0.3 is 5.97 Å². The molecule has 0 bridgehead atoms. The second-order valence-electron chi connectivity index (χ2n) is 3.07. The predicted octanol–water partition coefficient (Wildman–Crippen LogP) is 3.30. The number of nitrogens with zero attached hydrogens (tertiary/aromatic N) is 2. The number of hydrogen-bond donors (Lipinski definition) is 0. The lowest BCUT2D eigenvalue weighted by Crippen LogP contribution is -2.03. The fourth-order valence-electron chi connectivity index (χ4n) is 1.33. The molecule has 0 N–H and O–H groups in total. The van der Waals surface area contributed by atoms with Gasteiger partial charge in [0.2, 0.25) is 0 Å². The van der Waals surface area contributed by atoms with E-state index in [9.17, 15) is 4.79 Å². The molecule has 2 aromatic rings. The van der Waals surface area contributed by atoms with E-state index in [1.165, 1.54) is 13.2 Å². The molecular weight excluding hydrogens is 283 g/mol. The van der Waals surface area contributed by atoms with Crippen molar-refractivity contribution in [3.63, 3.8) is 0 Å². The van der Waals surface area contributed by atoms with Crippen molar-refractivity contribution in [3.05, 3.63) is 33.9 Å². The van der Waals surface area contributed by atoms with Gasteiger partial charge in [0.25, 0.3) is 0 Å². The maximum absolute atomic E-state index is 11.5. The Hall–Kier alpha value is -1.17. The van der Waals surface area contributed by atoms with Crippen LogP contribution in [0.15, 0.2) is 18.3 Å². The molecule has 0 radical (unpaired) electrons. The van der Waals surface area contributed by atoms with E-state index in [2.05, 4.69) is 13.5 Å². The first-order valence-electron chi connectivity index (χ1n) is 4.49. The third kappa shape index (κ3) is 2.26. The molecule has 0 saturated carbocycles. The highest BCUT2D eigenvalue weighted by atomic mass is 35.5. The lowest BCUT2D eigenvalue weighted by molar-refractivity contribution is 0.0601. The molecule has 1 aromatic heterocycles. The van der Waals surface area contributed by atoms with Gasteiger partial charge in [0.1, 0.15) is 5.69 Å². The third-order valence-electron chi connectivity index (χ3n) is 2.11. The summed E-state index contributed by atoms with van der Waals surface area (Å²) in [5.41, 5.74) is 1.28. The molecule has 0 atom stereocenters. The molecule has 0 unspecified atom stereocenters. The molecule has 0 aliphatic rings. The van der Waals surface area contributed by atoms with Crippen LogP contribution in [0.25, 0.3) is 11.3 Å². The van der Waals surface area contributed by atoms with E-state index in [1.54, 1.807) is 12.3 Å². The van der Waals surface area contributed by atoms with Crippen molar-refractivity contribution < 1.29 is 9.53 Å². The van der Waals surface area contributed by atoms with Gasteiger partial charge in [-0.1, -0.05) is 23.2 Å². The number of benzene rings is 1. The van der Waals surface area contributed by atoms with E-state index in [1.807, 2.05) is 0 Å². The zero-order chi connectivity index (χ0) is 12.4. The molecule has 0 spiro atoms. The zero-order valence-electron chi connectivity index (χ0n) is 8.61. The van der Waals surface area contributed by atoms with Crippen LogP contribution >= 0.6 is 34.9 Å². The molecular formula is C10H6Cl2N2O2S. The predicted molar refractivity (Wildman–Crippen MR) is 66.7 cm³/mol. The Morgan fingerprint density at radius 1 is 1.41 bits per heavy atom. The Bertz CT molecular complexity index is 558. The fourth-order valence-corrected chi connectivity index (χ4v) is 2.39. The minimum atomic E-state index is -0.517. The van der Waals surface area contributed by atoms with E-state index in [4.69, 9.17) is 23.2 Å². The van der Waals surface area contributed by atoms with Crippen molar-refractivity contribution in [1.29, 1.82) is 0 Å². The smallest absolute Gasteiger partial charge is 0.339 e. The monoisotopic (exact) mass is 288 g/mol. The van der Waals surface area contributed by atoms with E-state index >= 15 is 0 Å². The summed E-state index contributed by atoms with van der Waals surface area (Å²) >= 11 is 13.2. The van der Waals surface area contributed by atoms with Crippen molar-refractivity contribution in [2.75, 3.05) is 7.11 Å². The number of hydrogen-bond acceptors (Lipinski definition) is 5. The van der Waals surface area contributed by atoms with Gasteiger partial charge < -0.3 is 4.74 Å². The number of aromatic nitrogens is 2. The highest BCUT2D eigenvalue weighted by Gasteiger charge is 2.19. The molecule has 0 saturated heterocycles. The molecule has 88 valence electrons. The highest BCUT2D eigenvalue weighted by molar-refractivity contribution is 6.99. The maximum atomic E-state index is 11.5. The van der Waals surface area contributed by atoms with Gasteiger partial charge in [-0.3, -0.25) is 0 Å². The average molecular weight is 289 g/mol. The van der Waals surface area contributed by atoms with Crippen molar-refractivity contribution in [2.24, 2.45) is 0 Å². The molecule has 0 aliphatic carbocycles. The first-order valence-corrected chi connectivity index (χ1v) is 5.98. The quantitative estimate of drug-likeness (QED) is 0.796. The Labute approximate surface area is 111 Å². The first-order chi connectivity index (χ1) is 8.15. The minimum Gasteiger partial charge on any atom is -0.465 e. The molecule has 1 heterocycles. The van der Waals surface area contributed by atoms with Crippen LogP contribution in [0.1, 0.15) is 10.4 Å². The Morgan fingerprint density at radius 3 is 2.76 bits per heavy atom. The third-order valence-corrected chi connectivity index (χ3v) is 3.30. The normalized spacial score (nSPS) is 10.3. The van der Waals surface area contributed by atoms with E-state index < -0.39 is 5.97 Å². The summed E-state index contributed by atoms with van der Waals surface area (Å²) in [6.07, 6.45) is 1.54. The number of carbonyl (C=O) groups excluding carboxylic acids is 1. The molecule has 17 heavy (non-hydrogen) atoms. The summed E-state index contributed by atoms with van der Waals surface area (Å²) in [5.74, 6) is -0.517. The van der Waals surface area contributed by atoms with Crippen molar-refractivity contribution in [1.82, 2.24) is 8.75 Å². The summed E-state index contributed by atoms with van der Waals surface area (Å²) in [6, 6.07) is 3.09. The number of carbonyl (C=O) groups is 1. The van der Waals surface area contributed by atoms with Crippen LogP contribution in [0.2, 0.25) is 10.0 Å². The lowest BCUT2D eigenvalue weighted by Gasteiger charge is -2.07. The molecule has 4 nitrogen and oxygen atoms in total. The summed E-state index contributed by atoms with van der Waals surface area (Å²) in [4.78, 5) is 11.5.